The lowest BCUT2D eigenvalue weighted by Gasteiger charge is -2.26. The van der Waals surface area contributed by atoms with Gasteiger partial charge in [0, 0.05) is 35.3 Å². The number of nitrogen functional groups attached to an aromatic ring is 1. The molecule has 3 heterocycles. The first-order valence-corrected chi connectivity index (χ1v) is 14.7. The Labute approximate surface area is 240 Å². The number of carbonyl (C=O) groups is 2. The number of urea groups is 1. The number of methoxy groups -OCH3 is 1. The molecule has 10 nitrogen and oxygen atoms in total. The number of nitrogens with one attached hydrogen (secondary N) is 3. The van der Waals surface area contributed by atoms with Gasteiger partial charge >= 0.3 is 6.03 Å². The Bertz CT molecular complexity index is 1480. The highest BCUT2D eigenvalue weighted by molar-refractivity contribution is 7.23. The van der Waals surface area contributed by atoms with Crippen molar-refractivity contribution in [1.82, 2.24) is 20.2 Å². The van der Waals surface area contributed by atoms with Gasteiger partial charge < -0.3 is 26.0 Å². The maximum Gasteiger partial charge on any atom is 0.321 e. The molecular formula is C28H31N7O3S2. The molecule has 5 N–H and O–H groups in total. The molecule has 2 aromatic heterocycles. The lowest BCUT2D eigenvalue weighted by molar-refractivity contribution is 0.102. The second kappa shape index (κ2) is 12.9. The number of thiazole rings is 2. The molecule has 4 aromatic rings. The number of ether oxygens (including phenoxy) is 1. The molecule has 0 bridgehead atoms. The van der Waals surface area contributed by atoms with Gasteiger partial charge in [0.1, 0.15) is 21.5 Å². The van der Waals surface area contributed by atoms with Gasteiger partial charge in [0.15, 0.2) is 5.13 Å². The van der Waals surface area contributed by atoms with Crippen molar-refractivity contribution in [1.29, 1.82) is 0 Å². The van der Waals surface area contributed by atoms with Crippen LogP contribution in [0.5, 0.6) is 5.75 Å². The monoisotopic (exact) mass is 577 g/mol. The van der Waals surface area contributed by atoms with Crippen LogP contribution in [0, 0.1) is 0 Å². The number of aromatic nitrogens is 2. The van der Waals surface area contributed by atoms with Crippen LogP contribution in [0.1, 0.15) is 29.6 Å². The first-order valence-electron chi connectivity index (χ1n) is 13.0. The lowest BCUT2D eigenvalue weighted by atomic mass is 10.1. The third-order valence-corrected chi connectivity index (χ3v) is 8.46. The van der Waals surface area contributed by atoms with Gasteiger partial charge in [-0.2, -0.15) is 0 Å². The van der Waals surface area contributed by atoms with E-state index in [1.165, 1.54) is 41.9 Å². The SMILES string of the molecule is COc1cccc(C(=O)Nc2cccc(-c3csc(-c4sc(NC(=O)NCCN5CCCCC5)nc4N)n3)c2)c1. The van der Waals surface area contributed by atoms with Crippen molar-refractivity contribution < 1.29 is 14.3 Å². The van der Waals surface area contributed by atoms with Crippen molar-refractivity contribution in [2.75, 3.05) is 49.7 Å². The molecular weight excluding hydrogens is 546 g/mol. The predicted molar refractivity (Wildman–Crippen MR) is 161 cm³/mol. The van der Waals surface area contributed by atoms with Crippen molar-refractivity contribution in [3.63, 3.8) is 0 Å². The van der Waals surface area contributed by atoms with Crippen molar-refractivity contribution in [3.8, 4) is 26.9 Å². The van der Waals surface area contributed by atoms with Gasteiger partial charge in [-0.3, -0.25) is 10.1 Å². The molecule has 0 radical (unpaired) electrons. The van der Waals surface area contributed by atoms with Crippen LogP contribution in [-0.4, -0.2) is 60.1 Å². The molecule has 1 fully saturated rings. The Morgan fingerprint density at radius 3 is 2.70 bits per heavy atom. The molecule has 5 rings (SSSR count). The summed E-state index contributed by atoms with van der Waals surface area (Å²) in [4.78, 5) is 37.2. The minimum Gasteiger partial charge on any atom is -0.497 e. The van der Waals surface area contributed by atoms with E-state index in [9.17, 15) is 9.59 Å². The maximum atomic E-state index is 12.7. The number of nitrogens with zero attached hydrogens (tertiary/aromatic N) is 3. The average molecular weight is 578 g/mol. The number of carbonyl (C=O) groups excluding carboxylic acids is 2. The second-order valence-corrected chi connectivity index (χ2v) is 11.2. The molecule has 0 aliphatic carbocycles. The third kappa shape index (κ3) is 6.95. The van der Waals surface area contributed by atoms with Crippen molar-refractivity contribution in [2.24, 2.45) is 0 Å². The zero-order valence-corrected chi connectivity index (χ0v) is 23.7. The van der Waals surface area contributed by atoms with Crippen LogP contribution < -0.4 is 26.4 Å². The van der Waals surface area contributed by atoms with E-state index in [-0.39, 0.29) is 11.9 Å². The molecule has 1 saturated heterocycles. The van der Waals surface area contributed by atoms with Crippen LogP contribution in [0.2, 0.25) is 0 Å². The highest BCUT2D eigenvalue weighted by atomic mass is 32.1. The minimum atomic E-state index is -0.301. The van der Waals surface area contributed by atoms with Crippen molar-refractivity contribution in [2.45, 2.75) is 19.3 Å². The molecule has 2 aromatic carbocycles. The molecule has 1 aliphatic rings. The summed E-state index contributed by atoms with van der Waals surface area (Å²) in [5, 5.41) is 11.7. The lowest BCUT2D eigenvalue weighted by Crippen LogP contribution is -2.39. The first-order chi connectivity index (χ1) is 19.5. The average Bonchev–Trinajstić information content (AvgIpc) is 3.60. The minimum absolute atomic E-state index is 0.233. The molecule has 40 heavy (non-hydrogen) atoms. The van der Waals surface area contributed by atoms with E-state index in [1.807, 2.05) is 29.6 Å². The molecule has 0 atom stereocenters. The summed E-state index contributed by atoms with van der Waals surface area (Å²) in [6.45, 7) is 3.60. The van der Waals surface area contributed by atoms with Crippen LogP contribution in [0.25, 0.3) is 21.1 Å². The van der Waals surface area contributed by atoms with Gasteiger partial charge in [-0.15, -0.1) is 11.3 Å². The van der Waals surface area contributed by atoms with Gasteiger partial charge in [0.05, 0.1) is 12.8 Å². The number of piperidine rings is 1. The summed E-state index contributed by atoms with van der Waals surface area (Å²) >= 11 is 2.72. The normalized spacial score (nSPS) is 13.5. The van der Waals surface area contributed by atoms with E-state index >= 15 is 0 Å². The zero-order chi connectivity index (χ0) is 27.9. The highest BCUT2D eigenvalue weighted by Crippen LogP contribution is 2.38. The summed E-state index contributed by atoms with van der Waals surface area (Å²) in [6.07, 6.45) is 3.73. The summed E-state index contributed by atoms with van der Waals surface area (Å²) in [7, 11) is 1.56. The van der Waals surface area contributed by atoms with Crippen LogP contribution in [0.15, 0.2) is 53.9 Å². The summed E-state index contributed by atoms with van der Waals surface area (Å²) in [6, 6.07) is 14.2. The molecule has 1 aliphatic heterocycles. The van der Waals surface area contributed by atoms with Gasteiger partial charge in [-0.05, 0) is 56.3 Å². The van der Waals surface area contributed by atoms with E-state index in [4.69, 9.17) is 15.5 Å². The fourth-order valence-electron chi connectivity index (χ4n) is 4.42. The number of anilines is 3. The third-order valence-electron chi connectivity index (χ3n) is 6.48. The number of amides is 3. The fraction of sp³-hybridized carbons (Fsp3) is 0.286. The van der Waals surface area contributed by atoms with E-state index in [2.05, 4.69) is 25.8 Å². The molecule has 0 saturated carbocycles. The van der Waals surface area contributed by atoms with Crippen LogP contribution in [-0.2, 0) is 0 Å². The smallest absolute Gasteiger partial charge is 0.321 e. The molecule has 12 heteroatoms. The highest BCUT2D eigenvalue weighted by Gasteiger charge is 2.17. The van der Waals surface area contributed by atoms with E-state index < -0.39 is 0 Å². The Morgan fingerprint density at radius 1 is 1.05 bits per heavy atom. The maximum absolute atomic E-state index is 12.7. The van der Waals surface area contributed by atoms with Crippen LogP contribution in [0.4, 0.5) is 21.4 Å². The van der Waals surface area contributed by atoms with Gasteiger partial charge in [0.25, 0.3) is 5.91 Å². The van der Waals surface area contributed by atoms with E-state index in [0.29, 0.717) is 44.4 Å². The van der Waals surface area contributed by atoms with Gasteiger partial charge in [-0.1, -0.05) is 36.0 Å². The molecule has 3 amide bonds. The van der Waals surface area contributed by atoms with E-state index in [1.54, 1.807) is 31.4 Å². The summed E-state index contributed by atoms with van der Waals surface area (Å²) < 4.78 is 5.21. The number of benzene rings is 2. The number of hydrogen-bond acceptors (Lipinski definition) is 9. The second-order valence-electron chi connectivity index (χ2n) is 9.32. The molecule has 0 spiro atoms. The van der Waals surface area contributed by atoms with Crippen LogP contribution >= 0.6 is 22.7 Å². The van der Waals surface area contributed by atoms with Crippen molar-refractivity contribution in [3.05, 3.63) is 59.5 Å². The van der Waals surface area contributed by atoms with Crippen LogP contribution in [0.3, 0.4) is 0 Å². The topological polar surface area (TPSA) is 134 Å². The number of nitrogens with two attached hydrogens (primary N) is 1. The van der Waals surface area contributed by atoms with Crippen molar-refractivity contribution >= 4 is 51.2 Å². The Balaban J connectivity index is 1.20. The number of rotatable bonds is 9. The summed E-state index contributed by atoms with van der Waals surface area (Å²) in [5.74, 6) is 0.697. The summed E-state index contributed by atoms with van der Waals surface area (Å²) in [5.41, 5.74) is 8.92. The largest absolute Gasteiger partial charge is 0.497 e. The number of hydrogen-bond donors (Lipinski definition) is 4. The number of likely N-dealkylation sites (tertiary alicyclic amines) is 1. The standard InChI is InChI=1S/C28H31N7O3S2/c1-38-21-10-6-8-19(16-21)25(36)31-20-9-5-7-18(15-20)22-17-39-26(32-22)23-24(29)33-28(40-23)34-27(37)30-11-14-35-12-3-2-4-13-35/h5-10,15-17H,2-4,11-14,29H2,1H3,(H,31,36)(H2,30,33,34,37). The molecule has 0 unspecified atom stereocenters. The fourth-order valence-corrected chi connectivity index (χ4v) is 6.23. The van der Waals surface area contributed by atoms with E-state index in [0.717, 1.165) is 30.9 Å². The quantitative estimate of drug-likeness (QED) is 0.210. The Kier molecular flexibility index (Phi) is 8.89. The first kappa shape index (κ1) is 27.6. The molecule has 208 valence electrons. The zero-order valence-electron chi connectivity index (χ0n) is 22.1. The predicted octanol–water partition coefficient (Wildman–Crippen LogP) is 5.38. The van der Waals surface area contributed by atoms with Gasteiger partial charge in [-0.25, -0.2) is 14.8 Å². The van der Waals surface area contributed by atoms with Gasteiger partial charge in [0.2, 0.25) is 0 Å². The Morgan fingerprint density at radius 2 is 1.88 bits per heavy atom. The Hall–Kier alpha value is -4.00.